The lowest BCUT2D eigenvalue weighted by atomic mass is 10.1. The largest absolute Gasteiger partial charge is 0.423 e. The molecule has 0 fully saturated rings. The van der Waals surface area contributed by atoms with Crippen molar-refractivity contribution in [3.63, 3.8) is 0 Å². The lowest BCUT2D eigenvalue weighted by Crippen LogP contribution is -2.26. The first-order valence-electron chi connectivity index (χ1n) is 9.76. The average Bonchev–Trinajstić information content (AvgIpc) is 2.78. The number of carbonyl (C=O) groups excluding carboxylic acids is 1. The number of hydrogen-bond donors (Lipinski definition) is 0. The van der Waals surface area contributed by atoms with E-state index < -0.39 is 21.6 Å². The van der Waals surface area contributed by atoms with E-state index in [1.165, 1.54) is 49.5 Å². The van der Waals surface area contributed by atoms with Crippen LogP contribution < -0.4 is 14.7 Å². The van der Waals surface area contributed by atoms with Crippen LogP contribution in [-0.2, 0) is 10.0 Å². The number of sulfonamides is 1. The Morgan fingerprint density at radius 1 is 1.00 bits per heavy atom. The standard InChI is InChI=1S/C24H18ClNO6S/c1-15-11-23(27)32-22-14-19(9-10-21(15)22)31-24(28)16-5-3-8-20(12-16)33(29,30)26(2)18-7-4-6-17(25)13-18/h3-14H,1-2H3. The summed E-state index contributed by atoms with van der Waals surface area (Å²) < 4.78 is 37.8. The van der Waals surface area contributed by atoms with Gasteiger partial charge >= 0.3 is 11.6 Å². The third-order valence-electron chi connectivity index (χ3n) is 5.03. The number of aryl methyl sites for hydroxylation is 1. The molecular weight excluding hydrogens is 466 g/mol. The van der Waals surface area contributed by atoms with Crippen molar-refractivity contribution in [2.75, 3.05) is 11.4 Å². The van der Waals surface area contributed by atoms with E-state index >= 15 is 0 Å². The molecule has 0 amide bonds. The SMILES string of the molecule is Cc1cc(=O)oc2cc(OC(=O)c3cccc(S(=O)(=O)N(C)c4cccc(Cl)c4)c3)ccc12. The highest BCUT2D eigenvalue weighted by Crippen LogP contribution is 2.26. The number of fused-ring (bicyclic) bond motifs is 1. The smallest absolute Gasteiger partial charge is 0.343 e. The number of ether oxygens (including phenoxy) is 1. The van der Waals surface area contributed by atoms with Gasteiger partial charge in [0.2, 0.25) is 0 Å². The van der Waals surface area contributed by atoms with Crippen molar-refractivity contribution in [1.82, 2.24) is 0 Å². The van der Waals surface area contributed by atoms with Crippen LogP contribution in [0.2, 0.25) is 5.02 Å². The minimum absolute atomic E-state index is 0.0429. The summed E-state index contributed by atoms with van der Waals surface area (Å²) in [6, 6.07) is 18.0. The fourth-order valence-corrected chi connectivity index (χ4v) is 4.71. The van der Waals surface area contributed by atoms with Gasteiger partial charge < -0.3 is 9.15 Å². The quantitative estimate of drug-likeness (QED) is 0.230. The molecule has 33 heavy (non-hydrogen) atoms. The predicted octanol–water partition coefficient (Wildman–Crippen LogP) is 4.80. The third kappa shape index (κ3) is 4.62. The highest BCUT2D eigenvalue weighted by Gasteiger charge is 2.23. The van der Waals surface area contributed by atoms with E-state index in [1.54, 1.807) is 37.3 Å². The second-order valence-electron chi connectivity index (χ2n) is 7.28. The second-order valence-corrected chi connectivity index (χ2v) is 9.68. The molecule has 0 atom stereocenters. The first kappa shape index (κ1) is 22.6. The summed E-state index contributed by atoms with van der Waals surface area (Å²) in [5, 5.41) is 1.11. The summed E-state index contributed by atoms with van der Waals surface area (Å²) in [6.45, 7) is 1.78. The number of nitrogens with zero attached hydrogens (tertiary/aromatic N) is 1. The van der Waals surface area contributed by atoms with Gasteiger partial charge in [-0.15, -0.1) is 0 Å². The summed E-state index contributed by atoms with van der Waals surface area (Å²) in [6.07, 6.45) is 0. The van der Waals surface area contributed by atoms with Crippen molar-refractivity contribution < 1.29 is 22.4 Å². The third-order valence-corrected chi connectivity index (χ3v) is 7.05. The molecule has 9 heteroatoms. The van der Waals surface area contributed by atoms with E-state index in [9.17, 15) is 18.0 Å². The zero-order valence-corrected chi connectivity index (χ0v) is 19.2. The number of benzene rings is 3. The highest BCUT2D eigenvalue weighted by atomic mass is 35.5. The number of rotatable bonds is 5. The van der Waals surface area contributed by atoms with Gasteiger partial charge in [0.15, 0.2) is 0 Å². The van der Waals surface area contributed by atoms with Crippen molar-refractivity contribution in [3.8, 4) is 5.75 Å². The molecule has 4 rings (SSSR count). The summed E-state index contributed by atoms with van der Waals surface area (Å²) in [7, 11) is -2.56. The van der Waals surface area contributed by atoms with Crippen molar-refractivity contribution >= 4 is 44.3 Å². The van der Waals surface area contributed by atoms with Gasteiger partial charge in [0, 0.05) is 29.6 Å². The molecule has 0 aliphatic rings. The maximum absolute atomic E-state index is 13.1. The Morgan fingerprint density at radius 2 is 1.76 bits per heavy atom. The molecule has 7 nitrogen and oxygen atoms in total. The molecule has 0 N–H and O–H groups in total. The first-order chi connectivity index (χ1) is 15.6. The van der Waals surface area contributed by atoms with E-state index in [2.05, 4.69) is 0 Å². The normalized spacial score (nSPS) is 11.4. The van der Waals surface area contributed by atoms with Gasteiger partial charge in [0.05, 0.1) is 16.1 Å². The van der Waals surface area contributed by atoms with Gasteiger partial charge in [0.25, 0.3) is 10.0 Å². The van der Waals surface area contributed by atoms with Crippen molar-refractivity contribution in [1.29, 1.82) is 0 Å². The molecule has 0 saturated heterocycles. The molecule has 0 radical (unpaired) electrons. The van der Waals surface area contributed by atoms with Gasteiger partial charge in [-0.05, 0) is 61.0 Å². The van der Waals surface area contributed by atoms with Crippen LogP contribution in [0.4, 0.5) is 5.69 Å². The molecule has 0 aliphatic carbocycles. The second kappa shape index (κ2) is 8.73. The lowest BCUT2D eigenvalue weighted by Gasteiger charge is -2.20. The van der Waals surface area contributed by atoms with E-state index in [4.69, 9.17) is 20.8 Å². The minimum Gasteiger partial charge on any atom is -0.423 e. The van der Waals surface area contributed by atoms with Crippen molar-refractivity contribution in [2.45, 2.75) is 11.8 Å². The summed E-state index contributed by atoms with van der Waals surface area (Å²) in [5.74, 6) is -0.600. The van der Waals surface area contributed by atoms with E-state index in [-0.39, 0.29) is 21.8 Å². The van der Waals surface area contributed by atoms with Gasteiger partial charge in [-0.3, -0.25) is 4.31 Å². The van der Waals surface area contributed by atoms with Crippen LogP contribution in [0, 0.1) is 6.92 Å². The Morgan fingerprint density at radius 3 is 2.52 bits per heavy atom. The van der Waals surface area contributed by atoms with Gasteiger partial charge in [-0.1, -0.05) is 23.7 Å². The Balaban J connectivity index is 1.61. The van der Waals surface area contributed by atoms with Crippen LogP contribution in [0.5, 0.6) is 5.75 Å². The maximum atomic E-state index is 13.1. The van der Waals surface area contributed by atoms with Crippen LogP contribution in [0.15, 0.2) is 86.9 Å². The summed E-state index contributed by atoms with van der Waals surface area (Å²) in [5.41, 5.74) is 0.931. The minimum atomic E-state index is -3.96. The molecule has 0 aliphatic heterocycles. The van der Waals surface area contributed by atoms with Gasteiger partial charge in [0.1, 0.15) is 11.3 Å². The fourth-order valence-electron chi connectivity index (χ4n) is 3.29. The number of anilines is 1. The lowest BCUT2D eigenvalue weighted by molar-refractivity contribution is 0.0734. The number of halogens is 1. The van der Waals surface area contributed by atoms with Crippen LogP contribution in [-0.4, -0.2) is 21.4 Å². The summed E-state index contributed by atoms with van der Waals surface area (Å²) >= 11 is 5.98. The Kier molecular flexibility index (Phi) is 5.97. The molecule has 0 bridgehead atoms. The molecule has 4 aromatic rings. The number of esters is 1. The molecular formula is C24H18ClNO6S. The Hall–Kier alpha value is -3.62. The van der Waals surface area contributed by atoms with E-state index in [1.807, 2.05) is 0 Å². The van der Waals surface area contributed by atoms with Crippen molar-refractivity contribution in [2.24, 2.45) is 0 Å². The van der Waals surface area contributed by atoms with Gasteiger partial charge in [-0.25, -0.2) is 18.0 Å². The zero-order valence-electron chi connectivity index (χ0n) is 17.6. The van der Waals surface area contributed by atoms with Crippen LogP contribution in [0.1, 0.15) is 15.9 Å². The molecule has 168 valence electrons. The maximum Gasteiger partial charge on any atom is 0.343 e. The number of hydrogen-bond acceptors (Lipinski definition) is 6. The molecule has 0 unspecified atom stereocenters. The Bertz CT molecular complexity index is 1540. The van der Waals surface area contributed by atoms with Crippen molar-refractivity contribution in [3.05, 3.63) is 99.4 Å². The van der Waals surface area contributed by atoms with Crippen LogP contribution in [0.3, 0.4) is 0 Å². The average molecular weight is 484 g/mol. The van der Waals surface area contributed by atoms with Crippen LogP contribution in [0.25, 0.3) is 11.0 Å². The van der Waals surface area contributed by atoms with E-state index in [0.717, 1.165) is 9.87 Å². The molecule has 0 spiro atoms. The van der Waals surface area contributed by atoms with Gasteiger partial charge in [-0.2, -0.15) is 0 Å². The topological polar surface area (TPSA) is 93.9 Å². The number of carbonyl (C=O) groups is 1. The molecule has 3 aromatic carbocycles. The van der Waals surface area contributed by atoms with Crippen LogP contribution >= 0.6 is 11.6 Å². The highest BCUT2D eigenvalue weighted by molar-refractivity contribution is 7.92. The Labute approximate surface area is 194 Å². The fraction of sp³-hybridized carbons (Fsp3) is 0.0833. The predicted molar refractivity (Wildman–Crippen MR) is 126 cm³/mol. The molecule has 1 heterocycles. The molecule has 0 saturated carbocycles. The first-order valence-corrected chi connectivity index (χ1v) is 11.6. The zero-order chi connectivity index (χ0) is 23.8. The monoisotopic (exact) mass is 483 g/mol. The van der Waals surface area contributed by atoms with E-state index in [0.29, 0.717) is 16.1 Å². The molecule has 1 aromatic heterocycles. The summed E-state index contributed by atoms with van der Waals surface area (Å²) in [4.78, 5) is 24.2.